The lowest BCUT2D eigenvalue weighted by Crippen LogP contribution is -2.05. The Bertz CT molecular complexity index is 673. The summed E-state index contributed by atoms with van der Waals surface area (Å²) in [5.74, 6) is 0.833. The molecule has 0 spiro atoms. The van der Waals surface area contributed by atoms with Gasteiger partial charge in [0.15, 0.2) is 0 Å². The number of imidazole rings is 1. The van der Waals surface area contributed by atoms with Crippen molar-refractivity contribution in [2.45, 2.75) is 38.4 Å². The molecule has 0 aliphatic heterocycles. The number of aromatic nitrogens is 2. The Kier molecular flexibility index (Phi) is 2.84. The van der Waals surface area contributed by atoms with Gasteiger partial charge in [-0.3, -0.25) is 0 Å². The van der Waals surface area contributed by atoms with E-state index in [1.165, 1.54) is 6.07 Å². The van der Waals surface area contributed by atoms with Gasteiger partial charge in [0, 0.05) is 6.04 Å². The summed E-state index contributed by atoms with van der Waals surface area (Å²) in [5.41, 5.74) is 0.560. The highest BCUT2D eigenvalue weighted by Crippen LogP contribution is 2.56. The molecular formula is C14H14ClF3N2. The maximum absolute atomic E-state index is 12.7. The van der Waals surface area contributed by atoms with Crippen LogP contribution in [0.2, 0.25) is 0 Å². The Morgan fingerprint density at radius 2 is 2.05 bits per heavy atom. The fourth-order valence-electron chi connectivity index (χ4n) is 2.65. The first kappa shape index (κ1) is 13.7. The quantitative estimate of drug-likeness (QED) is 0.731. The zero-order valence-corrected chi connectivity index (χ0v) is 11.9. The normalized spacial score (nSPS) is 21.4. The first-order valence-electron chi connectivity index (χ1n) is 6.38. The van der Waals surface area contributed by atoms with E-state index in [2.05, 4.69) is 18.8 Å². The van der Waals surface area contributed by atoms with Crippen LogP contribution in [-0.4, -0.2) is 9.55 Å². The first-order valence-corrected chi connectivity index (χ1v) is 6.91. The summed E-state index contributed by atoms with van der Waals surface area (Å²) in [5, 5.41) is 0. The molecule has 2 aromatic rings. The van der Waals surface area contributed by atoms with Gasteiger partial charge in [0.25, 0.3) is 0 Å². The highest BCUT2D eigenvalue weighted by Gasteiger charge is 2.48. The Morgan fingerprint density at radius 3 is 2.55 bits per heavy atom. The Hall–Kier alpha value is -1.23. The maximum Gasteiger partial charge on any atom is 0.416 e. The standard InChI is InChI=1S/C14H14ClF3N2/c1-13(2)6-11(13)20-10-4-3-8(14(16,17)18)5-9(10)19-12(20)7-15/h3-5,11H,6-7H2,1-2H3. The molecule has 3 rings (SSSR count). The first-order chi connectivity index (χ1) is 9.24. The van der Waals surface area contributed by atoms with E-state index in [-0.39, 0.29) is 17.3 Å². The van der Waals surface area contributed by atoms with Crippen molar-refractivity contribution in [1.29, 1.82) is 0 Å². The highest BCUT2D eigenvalue weighted by molar-refractivity contribution is 6.16. The third-order valence-corrected chi connectivity index (χ3v) is 4.22. The van der Waals surface area contributed by atoms with E-state index in [0.29, 0.717) is 11.3 Å². The van der Waals surface area contributed by atoms with Crippen molar-refractivity contribution in [3.05, 3.63) is 29.6 Å². The lowest BCUT2D eigenvalue weighted by Gasteiger charge is -2.10. The second-order valence-electron chi connectivity index (χ2n) is 5.94. The number of benzene rings is 1. The summed E-state index contributed by atoms with van der Waals surface area (Å²) in [6.45, 7) is 4.26. The summed E-state index contributed by atoms with van der Waals surface area (Å²) in [4.78, 5) is 4.26. The number of alkyl halides is 4. The van der Waals surface area contributed by atoms with Crippen LogP contribution in [0, 0.1) is 5.41 Å². The van der Waals surface area contributed by atoms with Crippen molar-refractivity contribution in [3.63, 3.8) is 0 Å². The smallest absolute Gasteiger partial charge is 0.323 e. The predicted octanol–water partition coefficient (Wildman–Crippen LogP) is 4.76. The van der Waals surface area contributed by atoms with E-state index in [4.69, 9.17) is 11.6 Å². The van der Waals surface area contributed by atoms with Crippen LogP contribution in [0.4, 0.5) is 13.2 Å². The summed E-state index contributed by atoms with van der Waals surface area (Å²) in [6.07, 6.45) is -3.36. The number of nitrogens with zero attached hydrogens (tertiary/aromatic N) is 2. The molecule has 0 amide bonds. The molecule has 0 bridgehead atoms. The third kappa shape index (κ3) is 2.08. The number of fused-ring (bicyclic) bond motifs is 1. The van der Waals surface area contributed by atoms with Gasteiger partial charge in [0.05, 0.1) is 22.5 Å². The number of rotatable bonds is 2. The van der Waals surface area contributed by atoms with Crippen molar-refractivity contribution in [1.82, 2.24) is 9.55 Å². The van der Waals surface area contributed by atoms with Crippen LogP contribution in [0.25, 0.3) is 11.0 Å². The van der Waals surface area contributed by atoms with Crippen LogP contribution in [0.15, 0.2) is 18.2 Å². The molecule has 1 aromatic heterocycles. The van der Waals surface area contributed by atoms with Gasteiger partial charge in [-0.2, -0.15) is 13.2 Å². The SMILES string of the molecule is CC1(C)CC1n1c(CCl)nc2cc(C(F)(F)F)ccc21. The molecule has 1 unspecified atom stereocenters. The van der Waals surface area contributed by atoms with Gasteiger partial charge in [-0.1, -0.05) is 13.8 Å². The molecule has 0 radical (unpaired) electrons. The molecule has 20 heavy (non-hydrogen) atoms. The van der Waals surface area contributed by atoms with E-state index in [1.807, 2.05) is 4.57 Å². The van der Waals surface area contributed by atoms with E-state index in [9.17, 15) is 13.2 Å². The lowest BCUT2D eigenvalue weighted by molar-refractivity contribution is -0.137. The predicted molar refractivity (Wildman–Crippen MR) is 71.7 cm³/mol. The van der Waals surface area contributed by atoms with Crippen molar-refractivity contribution in [2.24, 2.45) is 5.41 Å². The van der Waals surface area contributed by atoms with Crippen LogP contribution in [0.3, 0.4) is 0 Å². The Morgan fingerprint density at radius 1 is 1.40 bits per heavy atom. The molecule has 1 aliphatic carbocycles. The topological polar surface area (TPSA) is 17.8 Å². The van der Waals surface area contributed by atoms with Crippen LogP contribution in [-0.2, 0) is 12.1 Å². The van der Waals surface area contributed by atoms with E-state index in [1.54, 1.807) is 0 Å². The van der Waals surface area contributed by atoms with Gasteiger partial charge >= 0.3 is 6.18 Å². The van der Waals surface area contributed by atoms with Gasteiger partial charge < -0.3 is 4.57 Å². The Balaban J connectivity index is 2.16. The molecule has 0 saturated heterocycles. The molecule has 1 saturated carbocycles. The zero-order valence-electron chi connectivity index (χ0n) is 11.1. The summed E-state index contributed by atoms with van der Waals surface area (Å²) < 4.78 is 40.2. The summed E-state index contributed by atoms with van der Waals surface area (Å²) in [7, 11) is 0. The second kappa shape index (κ2) is 4.13. The van der Waals surface area contributed by atoms with Gasteiger partial charge in [-0.05, 0) is 30.0 Å². The molecule has 0 N–H and O–H groups in total. The molecule has 6 heteroatoms. The molecule has 1 fully saturated rings. The van der Waals surface area contributed by atoms with Gasteiger partial charge in [0.1, 0.15) is 5.82 Å². The minimum atomic E-state index is -4.35. The molecule has 2 nitrogen and oxygen atoms in total. The van der Waals surface area contributed by atoms with E-state index < -0.39 is 11.7 Å². The van der Waals surface area contributed by atoms with Crippen LogP contribution < -0.4 is 0 Å². The number of halogens is 4. The fourth-order valence-corrected chi connectivity index (χ4v) is 2.84. The third-order valence-electron chi connectivity index (χ3n) is 3.98. The molecule has 1 aromatic carbocycles. The molecular weight excluding hydrogens is 289 g/mol. The van der Waals surface area contributed by atoms with Gasteiger partial charge in [-0.15, -0.1) is 11.6 Å². The van der Waals surface area contributed by atoms with Gasteiger partial charge in [-0.25, -0.2) is 4.98 Å². The van der Waals surface area contributed by atoms with Crippen molar-refractivity contribution in [3.8, 4) is 0 Å². The van der Waals surface area contributed by atoms with Crippen molar-refractivity contribution < 1.29 is 13.2 Å². The monoisotopic (exact) mass is 302 g/mol. The number of hydrogen-bond acceptors (Lipinski definition) is 1. The van der Waals surface area contributed by atoms with Crippen LogP contribution in [0.5, 0.6) is 0 Å². The van der Waals surface area contributed by atoms with E-state index in [0.717, 1.165) is 24.1 Å². The average Bonchev–Trinajstić information content (AvgIpc) is 2.84. The maximum atomic E-state index is 12.7. The molecule has 108 valence electrons. The van der Waals surface area contributed by atoms with E-state index >= 15 is 0 Å². The second-order valence-corrected chi connectivity index (χ2v) is 6.21. The largest absolute Gasteiger partial charge is 0.416 e. The molecule has 1 aliphatic rings. The summed E-state index contributed by atoms with van der Waals surface area (Å²) in [6, 6.07) is 3.96. The molecule has 1 atom stereocenters. The highest BCUT2D eigenvalue weighted by atomic mass is 35.5. The van der Waals surface area contributed by atoms with Gasteiger partial charge in [0.2, 0.25) is 0 Å². The minimum Gasteiger partial charge on any atom is -0.323 e. The fraction of sp³-hybridized carbons (Fsp3) is 0.500. The van der Waals surface area contributed by atoms with Crippen molar-refractivity contribution in [2.75, 3.05) is 0 Å². The van der Waals surface area contributed by atoms with Crippen LogP contribution in [0.1, 0.15) is 37.7 Å². The zero-order chi connectivity index (χ0) is 14.7. The summed E-state index contributed by atoms with van der Waals surface area (Å²) >= 11 is 5.89. The lowest BCUT2D eigenvalue weighted by atomic mass is 10.1. The Labute approximate surface area is 119 Å². The molecule has 1 heterocycles. The van der Waals surface area contributed by atoms with Crippen molar-refractivity contribution >= 4 is 22.6 Å². The average molecular weight is 303 g/mol. The number of hydrogen-bond donors (Lipinski definition) is 0. The minimum absolute atomic E-state index is 0.150. The van der Waals surface area contributed by atoms with Crippen LogP contribution >= 0.6 is 11.6 Å².